The van der Waals surface area contributed by atoms with E-state index >= 15 is 0 Å². The summed E-state index contributed by atoms with van der Waals surface area (Å²) in [5.41, 5.74) is 2.40. The second-order valence-electron chi connectivity index (χ2n) is 5.34. The molecule has 82 valence electrons. The average molecular weight is 205 g/mol. The molecule has 0 atom stereocenters. The van der Waals surface area contributed by atoms with Crippen LogP contribution in [0.3, 0.4) is 0 Å². The Hall–Kier alpha value is -1.05. The first-order chi connectivity index (χ1) is 6.98. The summed E-state index contributed by atoms with van der Waals surface area (Å²) in [5.74, 6) is 1.01. The molecule has 1 heterocycles. The van der Waals surface area contributed by atoms with Crippen LogP contribution < -0.4 is 4.74 Å². The smallest absolute Gasteiger partial charge is 0.144 e. The zero-order valence-electron chi connectivity index (χ0n) is 10.0. The molecule has 2 heteroatoms. The van der Waals surface area contributed by atoms with Crippen molar-refractivity contribution in [3.63, 3.8) is 0 Å². The molecular formula is C13H19NO. The molecule has 0 N–H and O–H groups in total. The highest BCUT2D eigenvalue weighted by Crippen LogP contribution is 2.36. The number of rotatable bonds is 2. The van der Waals surface area contributed by atoms with Crippen LogP contribution in [0.5, 0.6) is 5.75 Å². The van der Waals surface area contributed by atoms with E-state index in [1.54, 1.807) is 0 Å². The Balaban J connectivity index is 2.38. The third-order valence-electron chi connectivity index (χ3n) is 2.70. The quantitative estimate of drug-likeness (QED) is 0.739. The molecule has 0 bridgehead atoms. The summed E-state index contributed by atoms with van der Waals surface area (Å²) in [4.78, 5) is 4.31. The lowest BCUT2D eigenvalue weighted by Gasteiger charge is -2.23. The van der Waals surface area contributed by atoms with E-state index in [9.17, 15) is 0 Å². The molecule has 1 aliphatic rings. The van der Waals surface area contributed by atoms with Gasteiger partial charge in [0.25, 0.3) is 0 Å². The maximum absolute atomic E-state index is 5.95. The molecule has 0 unspecified atom stereocenters. The molecule has 1 fully saturated rings. The molecule has 2 nitrogen and oxygen atoms in total. The van der Waals surface area contributed by atoms with E-state index in [1.807, 2.05) is 13.1 Å². The highest BCUT2D eigenvalue weighted by Gasteiger charge is 2.28. The normalized spacial score (nSPS) is 16.5. The average Bonchev–Trinajstić information content (AvgIpc) is 2.90. The van der Waals surface area contributed by atoms with E-state index in [1.165, 1.54) is 18.4 Å². The number of nitrogens with zero attached hydrogens (tertiary/aromatic N) is 1. The molecule has 1 saturated carbocycles. The molecular weight excluding hydrogens is 186 g/mol. The molecule has 1 aromatic rings. The van der Waals surface area contributed by atoms with Crippen molar-refractivity contribution in [3.8, 4) is 5.75 Å². The van der Waals surface area contributed by atoms with Crippen LogP contribution in [0.25, 0.3) is 0 Å². The molecule has 1 aliphatic carbocycles. The van der Waals surface area contributed by atoms with Crippen molar-refractivity contribution in [1.82, 2.24) is 4.98 Å². The Morgan fingerprint density at radius 1 is 1.33 bits per heavy atom. The van der Waals surface area contributed by atoms with Crippen molar-refractivity contribution in [3.05, 3.63) is 23.5 Å². The molecule has 0 radical (unpaired) electrons. The van der Waals surface area contributed by atoms with Crippen molar-refractivity contribution in [2.45, 2.75) is 52.1 Å². The second-order valence-corrected chi connectivity index (χ2v) is 5.34. The van der Waals surface area contributed by atoms with Crippen molar-refractivity contribution >= 4 is 0 Å². The zero-order valence-corrected chi connectivity index (χ0v) is 10.0. The fraction of sp³-hybridized carbons (Fsp3) is 0.615. The van der Waals surface area contributed by atoms with Crippen LogP contribution in [0.15, 0.2) is 12.3 Å². The van der Waals surface area contributed by atoms with Gasteiger partial charge < -0.3 is 4.74 Å². The molecule has 0 aromatic carbocycles. The molecule has 1 aromatic heterocycles. The number of hydrogen-bond acceptors (Lipinski definition) is 2. The summed E-state index contributed by atoms with van der Waals surface area (Å²) in [5, 5.41) is 0. The standard InChI is InChI=1S/C13H19NO/c1-9-12(15-10-5-6-10)11(7-8-14-9)13(2,3)4/h7-8,10H,5-6H2,1-4H3. The van der Waals surface area contributed by atoms with Crippen LogP contribution in [-0.4, -0.2) is 11.1 Å². The van der Waals surface area contributed by atoms with Crippen molar-refractivity contribution < 1.29 is 4.74 Å². The summed E-state index contributed by atoms with van der Waals surface area (Å²) in [6.45, 7) is 8.65. The molecule has 15 heavy (non-hydrogen) atoms. The van der Waals surface area contributed by atoms with E-state index in [0.717, 1.165) is 11.4 Å². The van der Waals surface area contributed by atoms with Gasteiger partial charge in [-0.1, -0.05) is 20.8 Å². The van der Waals surface area contributed by atoms with Gasteiger partial charge in [0.05, 0.1) is 11.8 Å². The SMILES string of the molecule is Cc1nccc(C(C)(C)C)c1OC1CC1. The number of hydrogen-bond donors (Lipinski definition) is 0. The van der Waals surface area contributed by atoms with Gasteiger partial charge in [-0.2, -0.15) is 0 Å². The number of ether oxygens (including phenoxy) is 1. The fourth-order valence-corrected chi connectivity index (χ4v) is 1.64. The summed E-state index contributed by atoms with van der Waals surface area (Å²) in [7, 11) is 0. The van der Waals surface area contributed by atoms with Crippen LogP contribution in [0.2, 0.25) is 0 Å². The minimum Gasteiger partial charge on any atom is -0.488 e. The summed E-state index contributed by atoms with van der Waals surface area (Å²) in [6, 6.07) is 2.07. The van der Waals surface area contributed by atoms with Crippen molar-refractivity contribution in [2.75, 3.05) is 0 Å². The van der Waals surface area contributed by atoms with Crippen molar-refractivity contribution in [2.24, 2.45) is 0 Å². The second kappa shape index (κ2) is 3.51. The molecule has 2 rings (SSSR count). The lowest BCUT2D eigenvalue weighted by Crippen LogP contribution is -2.15. The molecule has 0 aliphatic heterocycles. The van der Waals surface area contributed by atoms with Crippen LogP contribution in [0.1, 0.15) is 44.9 Å². The van der Waals surface area contributed by atoms with Crippen LogP contribution >= 0.6 is 0 Å². The van der Waals surface area contributed by atoms with Gasteiger partial charge in [0.1, 0.15) is 5.75 Å². The Labute approximate surface area is 91.7 Å². The van der Waals surface area contributed by atoms with Crippen molar-refractivity contribution in [1.29, 1.82) is 0 Å². The van der Waals surface area contributed by atoms with Gasteiger partial charge in [0.2, 0.25) is 0 Å². The lowest BCUT2D eigenvalue weighted by atomic mass is 9.86. The van der Waals surface area contributed by atoms with Crippen LogP contribution in [-0.2, 0) is 5.41 Å². The number of pyridine rings is 1. The van der Waals surface area contributed by atoms with Gasteiger partial charge in [-0.05, 0) is 31.2 Å². The van der Waals surface area contributed by atoms with Gasteiger partial charge in [0, 0.05) is 11.8 Å². The number of aromatic nitrogens is 1. The number of aryl methyl sites for hydroxylation is 1. The first-order valence-corrected chi connectivity index (χ1v) is 5.61. The van der Waals surface area contributed by atoms with Crippen LogP contribution in [0, 0.1) is 6.92 Å². The molecule has 0 amide bonds. The third-order valence-corrected chi connectivity index (χ3v) is 2.70. The molecule has 0 spiro atoms. The van der Waals surface area contributed by atoms with E-state index in [-0.39, 0.29) is 5.41 Å². The first-order valence-electron chi connectivity index (χ1n) is 5.61. The predicted molar refractivity (Wildman–Crippen MR) is 61.3 cm³/mol. The third kappa shape index (κ3) is 2.31. The topological polar surface area (TPSA) is 22.1 Å². The van der Waals surface area contributed by atoms with Gasteiger partial charge in [-0.3, -0.25) is 4.98 Å². The monoisotopic (exact) mass is 205 g/mol. The van der Waals surface area contributed by atoms with Gasteiger partial charge >= 0.3 is 0 Å². The van der Waals surface area contributed by atoms with E-state index in [4.69, 9.17) is 4.74 Å². The Bertz CT molecular complexity index is 361. The minimum atomic E-state index is 0.123. The van der Waals surface area contributed by atoms with E-state index < -0.39 is 0 Å². The Morgan fingerprint density at radius 2 is 2.00 bits per heavy atom. The van der Waals surface area contributed by atoms with E-state index in [2.05, 4.69) is 31.8 Å². The highest BCUT2D eigenvalue weighted by molar-refractivity contribution is 5.41. The predicted octanol–water partition coefficient (Wildman–Crippen LogP) is 3.23. The fourth-order valence-electron chi connectivity index (χ4n) is 1.64. The Morgan fingerprint density at radius 3 is 2.53 bits per heavy atom. The first kappa shape index (κ1) is 10.5. The van der Waals surface area contributed by atoms with Gasteiger partial charge in [-0.15, -0.1) is 0 Å². The summed E-state index contributed by atoms with van der Waals surface area (Å²) in [6.07, 6.45) is 4.69. The summed E-state index contributed by atoms with van der Waals surface area (Å²) >= 11 is 0. The highest BCUT2D eigenvalue weighted by atomic mass is 16.5. The van der Waals surface area contributed by atoms with Gasteiger partial charge in [-0.25, -0.2) is 0 Å². The minimum absolute atomic E-state index is 0.123. The maximum Gasteiger partial charge on any atom is 0.144 e. The van der Waals surface area contributed by atoms with Gasteiger partial charge in [0.15, 0.2) is 0 Å². The molecule has 0 saturated heterocycles. The zero-order chi connectivity index (χ0) is 11.1. The summed E-state index contributed by atoms with van der Waals surface area (Å²) < 4.78 is 5.95. The lowest BCUT2D eigenvalue weighted by molar-refractivity contribution is 0.291. The van der Waals surface area contributed by atoms with Crippen LogP contribution in [0.4, 0.5) is 0 Å². The maximum atomic E-state index is 5.95. The largest absolute Gasteiger partial charge is 0.488 e. The van der Waals surface area contributed by atoms with E-state index in [0.29, 0.717) is 6.10 Å². The Kier molecular flexibility index (Phi) is 2.45.